The summed E-state index contributed by atoms with van der Waals surface area (Å²) in [6, 6.07) is 1.83. The first-order valence-corrected chi connectivity index (χ1v) is 6.04. The van der Waals surface area contributed by atoms with E-state index < -0.39 is 6.43 Å². The number of halogens is 2. The third-order valence-corrected chi connectivity index (χ3v) is 3.10. The zero-order valence-corrected chi connectivity index (χ0v) is 10.2. The lowest BCUT2D eigenvalue weighted by Crippen LogP contribution is -2.05. The van der Waals surface area contributed by atoms with Crippen LogP contribution in [-0.2, 0) is 6.42 Å². The Balaban J connectivity index is 3.59. The van der Waals surface area contributed by atoms with Crippen molar-refractivity contribution >= 4 is 11.8 Å². The predicted octanol–water partition coefficient (Wildman–Crippen LogP) is 3.48. The largest absolute Gasteiger partial charge is 0.265 e. The molecule has 0 unspecified atom stereocenters. The maximum Gasteiger partial charge on any atom is 0.265 e. The SMILES string of the molecule is CCc1nc(SC)c(C#N)c(C(F)F)c1C. The van der Waals surface area contributed by atoms with Crippen molar-refractivity contribution in [3.8, 4) is 6.07 Å². The molecule has 86 valence electrons. The molecule has 0 fully saturated rings. The van der Waals surface area contributed by atoms with E-state index in [0.29, 0.717) is 22.7 Å². The highest BCUT2D eigenvalue weighted by molar-refractivity contribution is 7.98. The van der Waals surface area contributed by atoms with E-state index in [9.17, 15) is 8.78 Å². The molecule has 0 atom stereocenters. The minimum atomic E-state index is -2.63. The highest BCUT2D eigenvalue weighted by Crippen LogP contribution is 2.32. The van der Waals surface area contributed by atoms with Gasteiger partial charge in [0.1, 0.15) is 11.1 Å². The fourth-order valence-corrected chi connectivity index (χ4v) is 2.15. The number of alkyl halides is 2. The maximum absolute atomic E-state index is 12.9. The van der Waals surface area contributed by atoms with E-state index in [4.69, 9.17) is 5.26 Å². The first-order valence-electron chi connectivity index (χ1n) is 4.82. The van der Waals surface area contributed by atoms with Crippen LogP contribution in [0.5, 0.6) is 0 Å². The third-order valence-electron chi connectivity index (χ3n) is 2.41. The number of thioether (sulfide) groups is 1. The third kappa shape index (κ3) is 2.17. The molecule has 0 saturated carbocycles. The zero-order valence-electron chi connectivity index (χ0n) is 9.34. The molecular formula is C11H12F2N2S. The number of hydrogen-bond acceptors (Lipinski definition) is 3. The Hall–Kier alpha value is -1.15. The Morgan fingerprint density at radius 2 is 2.12 bits per heavy atom. The van der Waals surface area contributed by atoms with Gasteiger partial charge < -0.3 is 0 Å². The highest BCUT2D eigenvalue weighted by Gasteiger charge is 2.22. The molecule has 1 aromatic rings. The van der Waals surface area contributed by atoms with Crippen molar-refractivity contribution in [2.24, 2.45) is 0 Å². The lowest BCUT2D eigenvalue weighted by molar-refractivity contribution is 0.149. The molecule has 0 saturated heterocycles. The maximum atomic E-state index is 12.9. The van der Waals surface area contributed by atoms with E-state index in [1.807, 2.05) is 13.0 Å². The number of rotatable bonds is 3. The Kier molecular flexibility index (Phi) is 4.25. The molecule has 1 rings (SSSR count). The second-order valence-corrected chi connectivity index (χ2v) is 4.04. The van der Waals surface area contributed by atoms with Crippen LogP contribution in [0.25, 0.3) is 0 Å². The van der Waals surface area contributed by atoms with Crippen LogP contribution in [0.15, 0.2) is 5.03 Å². The molecule has 1 aromatic heterocycles. The number of pyridine rings is 1. The van der Waals surface area contributed by atoms with Crippen molar-refractivity contribution in [3.05, 3.63) is 22.4 Å². The van der Waals surface area contributed by atoms with Crippen LogP contribution in [0.1, 0.15) is 35.7 Å². The Morgan fingerprint density at radius 3 is 2.50 bits per heavy atom. The standard InChI is InChI=1S/C11H12F2N2S/c1-4-8-6(2)9(10(12)13)7(5-14)11(15-8)16-3/h10H,4H2,1-3H3. The summed E-state index contributed by atoms with van der Waals surface area (Å²) in [5.41, 5.74) is 0.918. The van der Waals surface area contributed by atoms with Gasteiger partial charge in [-0.05, 0) is 25.2 Å². The second kappa shape index (κ2) is 5.26. The van der Waals surface area contributed by atoms with Gasteiger partial charge in [-0.15, -0.1) is 11.8 Å². The average Bonchev–Trinajstić information content (AvgIpc) is 2.27. The molecule has 16 heavy (non-hydrogen) atoms. The molecule has 0 bridgehead atoms. The predicted molar refractivity (Wildman–Crippen MR) is 59.8 cm³/mol. The fraction of sp³-hybridized carbons (Fsp3) is 0.455. The molecule has 0 aliphatic heterocycles. The normalized spacial score (nSPS) is 10.6. The molecule has 0 aromatic carbocycles. The van der Waals surface area contributed by atoms with E-state index in [0.717, 1.165) is 0 Å². The lowest BCUT2D eigenvalue weighted by Gasteiger charge is -2.13. The molecule has 0 aliphatic rings. The fourth-order valence-electron chi connectivity index (χ4n) is 1.59. The van der Waals surface area contributed by atoms with Gasteiger partial charge in [-0.3, -0.25) is 0 Å². The molecule has 1 heterocycles. The molecule has 0 N–H and O–H groups in total. The van der Waals surface area contributed by atoms with Gasteiger partial charge in [-0.25, -0.2) is 13.8 Å². The summed E-state index contributed by atoms with van der Waals surface area (Å²) >= 11 is 1.22. The van der Waals surface area contributed by atoms with Crippen LogP contribution in [0.3, 0.4) is 0 Å². The molecule has 0 amide bonds. The van der Waals surface area contributed by atoms with Crippen LogP contribution in [0.2, 0.25) is 0 Å². The van der Waals surface area contributed by atoms with Crippen LogP contribution in [-0.4, -0.2) is 11.2 Å². The van der Waals surface area contributed by atoms with E-state index in [1.54, 1.807) is 13.2 Å². The van der Waals surface area contributed by atoms with Crippen molar-refractivity contribution < 1.29 is 8.78 Å². The second-order valence-electron chi connectivity index (χ2n) is 3.25. The number of nitrogens with zero attached hydrogens (tertiary/aromatic N) is 2. The molecule has 5 heteroatoms. The molecular weight excluding hydrogens is 230 g/mol. The smallest absolute Gasteiger partial charge is 0.245 e. The van der Waals surface area contributed by atoms with Crippen LogP contribution in [0.4, 0.5) is 8.78 Å². The zero-order chi connectivity index (χ0) is 12.3. The number of hydrogen-bond donors (Lipinski definition) is 0. The minimum absolute atomic E-state index is 0.0113. The lowest BCUT2D eigenvalue weighted by atomic mass is 10.0. The van der Waals surface area contributed by atoms with Crippen LogP contribution >= 0.6 is 11.8 Å². The summed E-state index contributed by atoms with van der Waals surface area (Å²) in [7, 11) is 0. The summed E-state index contributed by atoms with van der Waals surface area (Å²) in [5, 5.41) is 9.32. The highest BCUT2D eigenvalue weighted by atomic mass is 32.2. The van der Waals surface area contributed by atoms with Gasteiger partial charge >= 0.3 is 0 Å². The van der Waals surface area contributed by atoms with Gasteiger partial charge in [-0.2, -0.15) is 5.26 Å². The number of aryl methyl sites for hydroxylation is 1. The molecule has 2 nitrogen and oxygen atoms in total. The first kappa shape index (κ1) is 12.9. The molecule has 0 spiro atoms. The Morgan fingerprint density at radius 1 is 1.50 bits per heavy atom. The average molecular weight is 242 g/mol. The van der Waals surface area contributed by atoms with E-state index in [2.05, 4.69) is 4.98 Å². The van der Waals surface area contributed by atoms with Crippen molar-refractivity contribution in [3.63, 3.8) is 0 Å². The van der Waals surface area contributed by atoms with Crippen LogP contribution in [0, 0.1) is 18.3 Å². The van der Waals surface area contributed by atoms with E-state index in [-0.39, 0.29) is 11.1 Å². The monoisotopic (exact) mass is 242 g/mol. The summed E-state index contributed by atoms with van der Waals surface area (Å²) in [5.74, 6) is 0. The van der Waals surface area contributed by atoms with Crippen molar-refractivity contribution in [2.45, 2.75) is 31.7 Å². The Labute approximate surface area is 97.7 Å². The summed E-state index contributed by atoms with van der Waals surface area (Å²) in [6.45, 7) is 3.46. The van der Waals surface area contributed by atoms with Crippen molar-refractivity contribution in [2.75, 3.05) is 6.26 Å². The van der Waals surface area contributed by atoms with Gasteiger partial charge in [0.2, 0.25) is 0 Å². The summed E-state index contributed by atoms with van der Waals surface area (Å²) in [6.07, 6.45) is -0.313. The first-order chi connectivity index (χ1) is 7.56. The van der Waals surface area contributed by atoms with E-state index >= 15 is 0 Å². The number of aromatic nitrogens is 1. The van der Waals surface area contributed by atoms with Gasteiger partial charge in [0, 0.05) is 11.3 Å². The van der Waals surface area contributed by atoms with Crippen molar-refractivity contribution in [1.82, 2.24) is 4.98 Å². The summed E-state index contributed by atoms with van der Waals surface area (Å²) < 4.78 is 25.8. The van der Waals surface area contributed by atoms with Gasteiger partial charge in [0.25, 0.3) is 6.43 Å². The Bertz CT molecular complexity index is 439. The van der Waals surface area contributed by atoms with E-state index in [1.165, 1.54) is 11.8 Å². The minimum Gasteiger partial charge on any atom is -0.245 e. The van der Waals surface area contributed by atoms with Crippen molar-refractivity contribution in [1.29, 1.82) is 5.26 Å². The molecule has 0 aliphatic carbocycles. The van der Waals surface area contributed by atoms with Gasteiger partial charge in [0.05, 0.1) is 5.56 Å². The van der Waals surface area contributed by atoms with Crippen LogP contribution < -0.4 is 0 Å². The summed E-state index contributed by atoms with van der Waals surface area (Å²) in [4.78, 5) is 4.23. The topological polar surface area (TPSA) is 36.7 Å². The van der Waals surface area contributed by atoms with Gasteiger partial charge in [-0.1, -0.05) is 6.92 Å². The van der Waals surface area contributed by atoms with Gasteiger partial charge in [0.15, 0.2) is 0 Å². The number of nitriles is 1. The quantitative estimate of drug-likeness (QED) is 0.761. The molecule has 0 radical (unpaired) electrons.